The zero-order chi connectivity index (χ0) is 15.1. The Morgan fingerprint density at radius 2 is 1.90 bits per heavy atom. The Labute approximate surface area is 127 Å². The van der Waals surface area contributed by atoms with Crippen LogP contribution in [0.5, 0.6) is 0 Å². The van der Waals surface area contributed by atoms with Crippen LogP contribution in [-0.4, -0.2) is 4.98 Å². The summed E-state index contributed by atoms with van der Waals surface area (Å²) in [5.74, 6) is 0.492. The van der Waals surface area contributed by atoms with Crippen molar-refractivity contribution >= 4 is 10.8 Å². The number of hydrogen-bond acceptors (Lipinski definition) is 2. The molecule has 0 aliphatic heterocycles. The van der Waals surface area contributed by atoms with Crippen molar-refractivity contribution in [1.82, 2.24) is 4.98 Å². The van der Waals surface area contributed by atoms with Gasteiger partial charge < -0.3 is 5.73 Å². The quantitative estimate of drug-likeness (QED) is 0.828. The van der Waals surface area contributed by atoms with Gasteiger partial charge >= 0.3 is 0 Å². The van der Waals surface area contributed by atoms with Crippen molar-refractivity contribution in [2.75, 3.05) is 0 Å². The van der Waals surface area contributed by atoms with E-state index in [1.54, 1.807) is 0 Å². The number of pyridine rings is 1. The van der Waals surface area contributed by atoms with Gasteiger partial charge in [0.1, 0.15) is 0 Å². The SMILES string of the molecule is CC(C)(C)C1CCCCC1(N)c1cncc2ccccc12. The summed E-state index contributed by atoms with van der Waals surface area (Å²) in [6.45, 7) is 6.97. The molecule has 0 spiro atoms. The minimum Gasteiger partial charge on any atom is -0.321 e. The lowest BCUT2D eigenvalue weighted by atomic mass is 9.60. The molecule has 0 saturated heterocycles. The van der Waals surface area contributed by atoms with Crippen molar-refractivity contribution in [2.24, 2.45) is 17.1 Å². The van der Waals surface area contributed by atoms with Crippen molar-refractivity contribution in [1.29, 1.82) is 0 Å². The fourth-order valence-corrected chi connectivity index (χ4v) is 4.21. The third-order valence-electron chi connectivity index (χ3n) is 5.17. The van der Waals surface area contributed by atoms with Crippen LogP contribution < -0.4 is 5.73 Å². The molecule has 1 aliphatic rings. The predicted octanol–water partition coefficient (Wildman–Crippen LogP) is 4.63. The topological polar surface area (TPSA) is 38.9 Å². The summed E-state index contributed by atoms with van der Waals surface area (Å²) in [6, 6.07) is 8.49. The van der Waals surface area contributed by atoms with Crippen molar-refractivity contribution in [3.8, 4) is 0 Å². The summed E-state index contributed by atoms with van der Waals surface area (Å²) in [6.07, 6.45) is 8.72. The van der Waals surface area contributed by atoms with Gasteiger partial charge in [-0.05, 0) is 35.1 Å². The minimum atomic E-state index is -0.260. The van der Waals surface area contributed by atoms with Gasteiger partial charge in [-0.1, -0.05) is 57.9 Å². The summed E-state index contributed by atoms with van der Waals surface area (Å²) in [4.78, 5) is 4.47. The lowest BCUT2D eigenvalue weighted by Crippen LogP contribution is -2.51. The third-order valence-corrected chi connectivity index (χ3v) is 5.17. The van der Waals surface area contributed by atoms with E-state index in [0.717, 1.165) is 6.42 Å². The lowest BCUT2D eigenvalue weighted by Gasteiger charge is -2.48. The van der Waals surface area contributed by atoms with E-state index in [-0.39, 0.29) is 11.0 Å². The van der Waals surface area contributed by atoms with Gasteiger partial charge in [0.15, 0.2) is 0 Å². The van der Waals surface area contributed by atoms with E-state index >= 15 is 0 Å². The highest BCUT2D eigenvalue weighted by Gasteiger charge is 2.45. The van der Waals surface area contributed by atoms with Crippen LogP contribution in [0.15, 0.2) is 36.7 Å². The van der Waals surface area contributed by atoms with E-state index in [4.69, 9.17) is 5.73 Å². The summed E-state index contributed by atoms with van der Waals surface area (Å²) < 4.78 is 0. The van der Waals surface area contributed by atoms with Crippen LogP contribution in [0.2, 0.25) is 0 Å². The summed E-state index contributed by atoms with van der Waals surface area (Å²) in [5.41, 5.74) is 8.23. The first-order chi connectivity index (χ1) is 9.93. The third kappa shape index (κ3) is 2.46. The van der Waals surface area contributed by atoms with Crippen LogP contribution in [0.4, 0.5) is 0 Å². The largest absolute Gasteiger partial charge is 0.321 e. The van der Waals surface area contributed by atoms with Crippen LogP contribution in [0.1, 0.15) is 52.0 Å². The maximum absolute atomic E-state index is 7.04. The van der Waals surface area contributed by atoms with Gasteiger partial charge in [-0.3, -0.25) is 4.98 Å². The molecule has 1 aromatic carbocycles. The molecular formula is C19H26N2. The standard InChI is InChI=1S/C19H26N2/c1-18(2,3)17-10-6-7-11-19(17,20)16-13-21-12-14-8-4-5-9-15(14)16/h4-5,8-9,12-13,17H,6-7,10-11,20H2,1-3H3. The highest BCUT2D eigenvalue weighted by Crippen LogP contribution is 2.49. The number of fused-ring (bicyclic) bond motifs is 1. The molecule has 1 saturated carbocycles. The summed E-state index contributed by atoms with van der Waals surface area (Å²) >= 11 is 0. The molecule has 0 amide bonds. The first kappa shape index (κ1) is 14.5. The van der Waals surface area contributed by atoms with E-state index in [1.807, 2.05) is 12.4 Å². The van der Waals surface area contributed by atoms with Crippen LogP contribution >= 0.6 is 0 Å². The fourth-order valence-electron chi connectivity index (χ4n) is 4.21. The van der Waals surface area contributed by atoms with Gasteiger partial charge in [-0.15, -0.1) is 0 Å². The molecule has 21 heavy (non-hydrogen) atoms. The molecule has 2 heteroatoms. The molecule has 2 atom stereocenters. The molecule has 3 rings (SSSR count). The average molecular weight is 282 g/mol. The van der Waals surface area contributed by atoms with Crippen LogP contribution in [0, 0.1) is 11.3 Å². The molecule has 2 N–H and O–H groups in total. The predicted molar refractivity (Wildman–Crippen MR) is 89.0 cm³/mol. The number of hydrogen-bond donors (Lipinski definition) is 1. The van der Waals surface area contributed by atoms with Crippen molar-refractivity contribution in [3.05, 3.63) is 42.2 Å². The molecule has 1 aliphatic carbocycles. The van der Waals surface area contributed by atoms with E-state index in [0.29, 0.717) is 5.92 Å². The second-order valence-electron chi connectivity index (χ2n) is 7.61. The monoisotopic (exact) mass is 282 g/mol. The Bertz CT molecular complexity index is 636. The Kier molecular flexibility index (Phi) is 3.53. The minimum absolute atomic E-state index is 0.214. The summed E-state index contributed by atoms with van der Waals surface area (Å²) in [5, 5.41) is 2.46. The Morgan fingerprint density at radius 3 is 2.67 bits per heavy atom. The highest BCUT2D eigenvalue weighted by atomic mass is 14.8. The molecule has 0 bridgehead atoms. The van der Waals surface area contributed by atoms with Gasteiger partial charge in [0.2, 0.25) is 0 Å². The van der Waals surface area contributed by atoms with Crippen molar-refractivity contribution < 1.29 is 0 Å². The maximum atomic E-state index is 7.04. The van der Waals surface area contributed by atoms with Gasteiger partial charge in [0.25, 0.3) is 0 Å². The number of nitrogens with zero attached hydrogens (tertiary/aromatic N) is 1. The molecule has 2 aromatic rings. The van der Waals surface area contributed by atoms with Gasteiger partial charge in [-0.2, -0.15) is 0 Å². The molecular weight excluding hydrogens is 256 g/mol. The molecule has 1 aromatic heterocycles. The number of benzene rings is 1. The van der Waals surface area contributed by atoms with Gasteiger partial charge in [-0.25, -0.2) is 0 Å². The Hall–Kier alpha value is -1.41. The second-order valence-corrected chi connectivity index (χ2v) is 7.61. The van der Waals surface area contributed by atoms with Crippen molar-refractivity contribution in [2.45, 2.75) is 52.0 Å². The van der Waals surface area contributed by atoms with E-state index < -0.39 is 0 Å². The van der Waals surface area contributed by atoms with Crippen LogP contribution in [0.3, 0.4) is 0 Å². The van der Waals surface area contributed by atoms with Crippen molar-refractivity contribution in [3.63, 3.8) is 0 Å². The van der Waals surface area contributed by atoms with Crippen LogP contribution in [0.25, 0.3) is 10.8 Å². The average Bonchev–Trinajstić information content (AvgIpc) is 2.46. The Morgan fingerprint density at radius 1 is 1.14 bits per heavy atom. The molecule has 0 radical (unpaired) electrons. The second kappa shape index (κ2) is 5.10. The normalized spacial score (nSPS) is 27.0. The zero-order valence-corrected chi connectivity index (χ0v) is 13.4. The number of aromatic nitrogens is 1. The maximum Gasteiger partial charge on any atom is 0.0464 e. The smallest absolute Gasteiger partial charge is 0.0464 e. The van der Waals surface area contributed by atoms with Gasteiger partial charge in [0.05, 0.1) is 0 Å². The fraction of sp³-hybridized carbons (Fsp3) is 0.526. The molecule has 2 nitrogen and oxygen atoms in total. The highest BCUT2D eigenvalue weighted by molar-refractivity contribution is 5.85. The first-order valence-electron chi connectivity index (χ1n) is 8.05. The lowest BCUT2D eigenvalue weighted by molar-refractivity contribution is 0.0786. The van der Waals surface area contributed by atoms with E-state index in [2.05, 4.69) is 50.0 Å². The van der Waals surface area contributed by atoms with Gasteiger partial charge in [0, 0.05) is 23.3 Å². The first-order valence-corrected chi connectivity index (χ1v) is 8.05. The molecule has 1 fully saturated rings. The zero-order valence-electron chi connectivity index (χ0n) is 13.4. The van der Waals surface area contributed by atoms with Crippen LogP contribution in [-0.2, 0) is 5.54 Å². The number of rotatable bonds is 1. The molecule has 1 heterocycles. The van der Waals surface area contributed by atoms with E-state index in [9.17, 15) is 0 Å². The van der Waals surface area contributed by atoms with E-state index in [1.165, 1.54) is 35.6 Å². The Balaban J connectivity index is 2.18. The summed E-state index contributed by atoms with van der Waals surface area (Å²) in [7, 11) is 0. The number of nitrogens with two attached hydrogens (primary N) is 1. The molecule has 2 unspecified atom stereocenters. The molecule has 112 valence electrons.